The standard InChI is InChI=1S/C20H31N3O2/c1-16-4-3-5-19(14-16)23-11-9-22(10-12-23)8-6-17(2)21-20(24)18-7-13-25-15-18/h3-5,14,17-18H,6-13,15H2,1-2H3,(H,21,24). The first-order valence-electron chi connectivity index (χ1n) is 9.54. The molecule has 138 valence electrons. The van der Waals surface area contributed by atoms with Crippen molar-refractivity contribution in [2.45, 2.75) is 32.7 Å². The molecule has 5 nitrogen and oxygen atoms in total. The zero-order valence-corrected chi connectivity index (χ0v) is 15.5. The topological polar surface area (TPSA) is 44.8 Å². The van der Waals surface area contributed by atoms with E-state index in [1.54, 1.807) is 0 Å². The van der Waals surface area contributed by atoms with Gasteiger partial charge in [0.05, 0.1) is 12.5 Å². The summed E-state index contributed by atoms with van der Waals surface area (Å²) in [7, 11) is 0. The number of carbonyl (C=O) groups excluding carboxylic acids is 1. The van der Waals surface area contributed by atoms with Crippen LogP contribution in [0.5, 0.6) is 0 Å². The lowest BCUT2D eigenvalue weighted by atomic mass is 10.1. The van der Waals surface area contributed by atoms with Crippen LogP contribution in [0.4, 0.5) is 5.69 Å². The van der Waals surface area contributed by atoms with Crippen molar-refractivity contribution in [3.63, 3.8) is 0 Å². The Bertz CT molecular complexity index is 564. The zero-order valence-electron chi connectivity index (χ0n) is 15.5. The fraction of sp³-hybridized carbons (Fsp3) is 0.650. The summed E-state index contributed by atoms with van der Waals surface area (Å²) in [4.78, 5) is 17.1. The van der Waals surface area contributed by atoms with Crippen LogP contribution in [0.3, 0.4) is 0 Å². The third kappa shape index (κ3) is 5.19. The monoisotopic (exact) mass is 345 g/mol. The van der Waals surface area contributed by atoms with Crippen molar-refractivity contribution in [3.05, 3.63) is 29.8 Å². The minimum Gasteiger partial charge on any atom is -0.381 e. The number of benzene rings is 1. The highest BCUT2D eigenvalue weighted by Crippen LogP contribution is 2.18. The van der Waals surface area contributed by atoms with Gasteiger partial charge in [-0.15, -0.1) is 0 Å². The van der Waals surface area contributed by atoms with E-state index in [1.807, 2.05) is 0 Å². The fourth-order valence-corrected chi connectivity index (χ4v) is 3.60. The van der Waals surface area contributed by atoms with Crippen LogP contribution in [0.25, 0.3) is 0 Å². The molecule has 1 amide bonds. The molecule has 3 rings (SSSR count). The second-order valence-electron chi connectivity index (χ2n) is 7.43. The Morgan fingerprint density at radius 3 is 2.80 bits per heavy atom. The molecule has 2 fully saturated rings. The number of aryl methyl sites for hydroxylation is 1. The van der Waals surface area contributed by atoms with Crippen LogP contribution in [0.15, 0.2) is 24.3 Å². The quantitative estimate of drug-likeness (QED) is 0.857. The van der Waals surface area contributed by atoms with E-state index in [4.69, 9.17) is 4.74 Å². The minimum atomic E-state index is 0.0559. The van der Waals surface area contributed by atoms with Gasteiger partial charge in [-0.1, -0.05) is 12.1 Å². The summed E-state index contributed by atoms with van der Waals surface area (Å²) in [6, 6.07) is 8.97. The number of nitrogens with one attached hydrogen (secondary N) is 1. The number of nitrogens with zero attached hydrogens (tertiary/aromatic N) is 2. The molecule has 2 atom stereocenters. The molecule has 0 aliphatic carbocycles. The predicted octanol–water partition coefficient (Wildman–Crippen LogP) is 2.05. The van der Waals surface area contributed by atoms with Gasteiger partial charge in [-0.3, -0.25) is 9.69 Å². The lowest BCUT2D eigenvalue weighted by molar-refractivity contribution is -0.125. The molecule has 0 radical (unpaired) electrons. The molecule has 0 bridgehead atoms. The van der Waals surface area contributed by atoms with Crippen LogP contribution in [0, 0.1) is 12.8 Å². The molecule has 0 aromatic heterocycles. The number of anilines is 1. The maximum absolute atomic E-state index is 12.1. The molecule has 1 aromatic carbocycles. The van der Waals surface area contributed by atoms with Crippen LogP contribution < -0.4 is 10.2 Å². The molecule has 0 saturated carbocycles. The van der Waals surface area contributed by atoms with E-state index < -0.39 is 0 Å². The number of amides is 1. The first-order chi connectivity index (χ1) is 12.1. The molecule has 2 saturated heterocycles. The molecule has 2 unspecified atom stereocenters. The van der Waals surface area contributed by atoms with E-state index in [0.717, 1.165) is 52.2 Å². The Balaban J connectivity index is 1.36. The summed E-state index contributed by atoms with van der Waals surface area (Å²) in [5.74, 6) is 0.217. The first kappa shape index (κ1) is 18.2. The molecule has 25 heavy (non-hydrogen) atoms. The summed E-state index contributed by atoms with van der Waals surface area (Å²) in [5, 5.41) is 3.15. The van der Waals surface area contributed by atoms with Gasteiger partial charge < -0.3 is 15.0 Å². The van der Waals surface area contributed by atoms with Crippen molar-refractivity contribution in [2.24, 2.45) is 5.92 Å². The number of hydrogen-bond acceptors (Lipinski definition) is 4. The van der Waals surface area contributed by atoms with Crippen molar-refractivity contribution in [1.29, 1.82) is 0 Å². The van der Waals surface area contributed by atoms with Gasteiger partial charge >= 0.3 is 0 Å². The third-order valence-electron chi connectivity index (χ3n) is 5.31. The third-order valence-corrected chi connectivity index (χ3v) is 5.31. The van der Waals surface area contributed by atoms with Gasteiger partial charge in [-0.05, 0) is 44.4 Å². The Kier molecular flexibility index (Phi) is 6.32. The van der Waals surface area contributed by atoms with Crippen LogP contribution in [-0.4, -0.2) is 62.8 Å². The van der Waals surface area contributed by atoms with Crippen molar-refractivity contribution in [3.8, 4) is 0 Å². The first-order valence-corrected chi connectivity index (χ1v) is 9.54. The van der Waals surface area contributed by atoms with Crippen molar-refractivity contribution < 1.29 is 9.53 Å². The summed E-state index contributed by atoms with van der Waals surface area (Å²) in [6.07, 6.45) is 1.86. The highest BCUT2D eigenvalue weighted by atomic mass is 16.5. The van der Waals surface area contributed by atoms with E-state index in [9.17, 15) is 4.79 Å². The van der Waals surface area contributed by atoms with Gasteiger partial charge in [-0.25, -0.2) is 0 Å². The summed E-state index contributed by atoms with van der Waals surface area (Å²) < 4.78 is 5.30. The lowest BCUT2D eigenvalue weighted by Gasteiger charge is -2.36. The van der Waals surface area contributed by atoms with Crippen LogP contribution in [0.1, 0.15) is 25.3 Å². The largest absolute Gasteiger partial charge is 0.381 e. The highest BCUT2D eigenvalue weighted by Gasteiger charge is 2.24. The number of piperazine rings is 1. The molecule has 1 aromatic rings. The van der Waals surface area contributed by atoms with E-state index in [-0.39, 0.29) is 17.9 Å². The second-order valence-corrected chi connectivity index (χ2v) is 7.43. The molecular formula is C20H31N3O2. The van der Waals surface area contributed by atoms with Crippen molar-refractivity contribution >= 4 is 11.6 Å². The maximum Gasteiger partial charge on any atom is 0.225 e. The smallest absolute Gasteiger partial charge is 0.225 e. The highest BCUT2D eigenvalue weighted by molar-refractivity contribution is 5.79. The Labute approximate surface area is 151 Å². The van der Waals surface area contributed by atoms with E-state index in [1.165, 1.54) is 11.3 Å². The van der Waals surface area contributed by atoms with Crippen LogP contribution >= 0.6 is 0 Å². The van der Waals surface area contributed by atoms with E-state index >= 15 is 0 Å². The number of ether oxygens (including phenoxy) is 1. The van der Waals surface area contributed by atoms with Crippen molar-refractivity contribution in [2.75, 3.05) is 50.8 Å². The van der Waals surface area contributed by atoms with E-state index in [2.05, 4.69) is 53.2 Å². The maximum atomic E-state index is 12.1. The van der Waals surface area contributed by atoms with Gasteiger partial charge in [0.1, 0.15) is 0 Å². The average molecular weight is 345 g/mol. The van der Waals surface area contributed by atoms with Gasteiger partial charge in [-0.2, -0.15) is 0 Å². The molecule has 2 aliphatic heterocycles. The second kappa shape index (κ2) is 8.68. The zero-order chi connectivity index (χ0) is 17.6. The summed E-state index contributed by atoms with van der Waals surface area (Å²) in [6.45, 7) is 10.9. The van der Waals surface area contributed by atoms with Crippen LogP contribution in [-0.2, 0) is 9.53 Å². The molecule has 2 aliphatic rings. The van der Waals surface area contributed by atoms with Gasteiger partial charge in [0.15, 0.2) is 0 Å². The molecule has 5 heteroatoms. The Hall–Kier alpha value is -1.59. The van der Waals surface area contributed by atoms with E-state index in [0.29, 0.717) is 6.61 Å². The number of hydrogen-bond donors (Lipinski definition) is 1. The SMILES string of the molecule is Cc1cccc(N2CCN(CCC(C)NC(=O)C3CCOC3)CC2)c1. The summed E-state index contributed by atoms with van der Waals surface area (Å²) in [5.41, 5.74) is 2.65. The normalized spacial score (nSPS) is 22.8. The molecule has 1 N–H and O–H groups in total. The van der Waals surface area contributed by atoms with Crippen molar-refractivity contribution in [1.82, 2.24) is 10.2 Å². The lowest BCUT2D eigenvalue weighted by Crippen LogP contribution is -2.48. The number of carbonyl (C=O) groups is 1. The number of rotatable bonds is 6. The molecule has 2 heterocycles. The van der Waals surface area contributed by atoms with Gasteiger partial charge in [0, 0.05) is 51.1 Å². The van der Waals surface area contributed by atoms with Gasteiger partial charge in [0.25, 0.3) is 0 Å². The Morgan fingerprint density at radius 1 is 1.32 bits per heavy atom. The summed E-state index contributed by atoms with van der Waals surface area (Å²) >= 11 is 0. The minimum absolute atomic E-state index is 0.0559. The fourth-order valence-electron chi connectivity index (χ4n) is 3.60. The average Bonchev–Trinajstić information content (AvgIpc) is 3.15. The molecular weight excluding hydrogens is 314 g/mol. The van der Waals surface area contributed by atoms with Gasteiger partial charge in [0.2, 0.25) is 5.91 Å². The predicted molar refractivity (Wildman–Crippen MR) is 101 cm³/mol. The van der Waals surface area contributed by atoms with Crippen LogP contribution in [0.2, 0.25) is 0 Å². The Morgan fingerprint density at radius 2 is 2.12 bits per heavy atom. The molecule has 0 spiro atoms.